The van der Waals surface area contributed by atoms with Crippen LogP contribution in [0.25, 0.3) is 0 Å². The highest BCUT2D eigenvalue weighted by Gasteiger charge is 2.38. The van der Waals surface area contributed by atoms with Crippen LogP contribution in [-0.2, 0) is 15.0 Å². The van der Waals surface area contributed by atoms with Crippen molar-refractivity contribution in [1.82, 2.24) is 8.61 Å². The normalized spacial score (nSPS) is 26.2. The Bertz CT molecular complexity index is 445. The fraction of sp³-hybridized carbons (Fsp3) is 0.923. The smallest absolute Gasteiger partial charge is 0.318 e. The van der Waals surface area contributed by atoms with E-state index in [0.29, 0.717) is 19.0 Å². The van der Waals surface area contributed by atoms with Crippen LogP contribution in [0.2, 0.25) is 0 Å². The predicted octanol–water partition coefficient (Wildman–Crippen LogP) is 1.29. The zero-order chi connectivity index (χ0) is 14.8. The summed E-state index contributed by atoms with van der Waals surface area (Å²) in [6, 6.07) is -0.145. The minimum Gasteiger partial charge on any atom is -0.480 e. The third-order valence-corrected chi connectivity index (χ3v) is 6.27. The second-order valence-corrected chi connectivity index (χ2v) is 7.87. The van der Waals surface area contributed by atoms with Crippen molar-refractivity contribution in [2.45, 2.75) is 51.5 Å². The SMILES string of the molecule is CC1CCCN(S(=O)(=O)N(CC(=O)O)C2CCCC2)C1. The fourth-order valence-electron chi connectivity index (χ4n) is 3.23. The van der Waals surface area contributed by atoms with E-state index in [0.717, 1.165) is 38.5 Å². The molecule has 1 saturated carbocycles. The van der Waals surface area contributed by atoms with E-state index < -0.39 is 22.7 Å². The molecule has 0 aromatic heterocycles. The molecule has 0 amide bonds. The Hall–Kier alpha value is -0.660. The van der Waals surface area contributed by atoms with Crippen molar-refractivity contribution < 1.29 is 18.3 Å². The van der Waals surface area contributed by atoms with Gasteiger partial charge in [0.25, 0.3) is 10.2 Å². The van der Waals surface area contributed by atoms with Gasteiger partial charge in [-0.15, -0.1) is 0 Å². The lowest BCUT2D eigenvalue weighted by Gasteiger charge is -2.36. The number of hydrogen-bond acceptors (Lipinski definition) is 3. The summed E-state index contributed by atoms with van der Waals surface area (Å²) in [7, 11) is -3.65. The quantitative estimate of drug-likeness (QED) is 0.830. The summed E-state index contributed by atoms with van der Waals surface area (Å²) < 4.78 is 28.2. The van der Waals surface area contributed by atoms with Crippen LogP contribution in [0.1, 0.15) is 45.4 Å². The average molecular weight is 304 g/mol. The number of carboxylic acid groups (broad SMARTS) is 1. The van der Waals surface area contributed by atoms with Gasteiger partial charge in [0.2, 0.25) is 0 Å². The lowest BCUT2D eigenvalue weighted by Crippen LogP contribution is -2.52. The summed E-state index contributed by atoms with van der Waals surface area (Å²) >= 11 is 0. The number of carbonyl (C=O) groups is 1. The Labute approximate surface area is 120 Å². The second kappa shape index (κ2) is 6.41. The molecular formula is C13H24N2O4S. The zero-order valence-electron chi connectivity index (χ0n) is 12.0. The highest BCUT2D eigenvalue weighted by molar-refractivity contribution is 7.86. The van der Waals surface area contributed by atoms with E-state index in [-0.39, 0.29) is 6.04 Å². The van der Waals surface area contributed by atoms with Crippen LogP contribution >= 0.6 is 0 Å². The summed E-state index contributed by atoms with van der Waals surface area (Å²) in [5.74, 6) is -0.737. The third kappa shape index (κ3) is 3.51. The Morgan fingerprint density at radius 1 is 1.25 bits per heavy atom. The number of carboxylic acids is 1. The van der Waals surface area contributed by atoms with Crippen LogP contribution in [0.3, 0.4) is 0 Å². The van der Waals surface area contributed by atoms with Crippen molar-refractivity contribution in [1.29, 1.82) is 0 Å². The van der Waals surface area contributed by atoms with Gasteiger partial charge in [0, 0.05) is 19.1 Å². The molecule has 0 radical (unpaired) electrons. The molecule has 116 valence electrons. The highest BCUT2D eigenvalue weighted by atomic mass is 32.2. The van der Waals surface area contributed by atoms with Crippen LogP contribution in [0, 0.1) is 5.92 Å². The molecule has 0 bridgehead atoms. The van der Waals surface area contributed by atoms with Gasteiger partial charge in [-0.3, -0.25) is 4.79 Å². The van der Waals surface area contributed by atoms with Crippen molar-refractivity contribution >= 4 is 16.2 Å². The highest BCUT2D eigenvalue weighted by Crippen LogP contribution is 2.28. The topological polar surface area (TPSA) is 77.9 Å². The van der Waals surface area contributed by atoms with E-state index in [1.807, 2.05) is 6.92 Å². The van der Waals surface area contributed by atoms with Gasteiger partial charge in [0.05, 0.1) is 0 Å². The Morgan fingerprint density at radius 3 is 2.45 bits per heavy atom. The largest absolute Gasteiger partial charge is 0.480 e. The van der Waals surface area contributed by atoms with Crippen LogP contribution in [-0.4, -0.2) is 53.8 Å². The van der Waals surface area contributed by atoms with Crippen LogP contribution in [0.4, 0.5) is 0 Å². The van der Waals surface area contributed by atoms with Gasteiger partial charge in [-0.1, -0.05) is 19.8 Å². The molecule has 2 rings (SSSR count). The maximum absolute atomic E-state index is 12.7. The van der Waals surface area contributed by atoms with E-state index in [9.17, 15) is 13.2 Å². The molecule has 1 atom stereocenters. The van der Waals surface area contributed by atoms with Gasteiger partial charge in [-0.2, -0.15) is 17.0 Å². The molecule has 2 fully saturated rings. The molecule has 1 aliphatic heterocycles. The Balaban J connectivity index is 2.18. The first-order chi connectivity index (χ1) is 9.41. The molecule has 7 heteroatoms. The van der Waals surface area contributed by atoms with Crippen LogP contribution in [0.5, 0.6) is 0 Å². The molecule has 1 saturated heterocycles. The summed E-state index contributed by atoms with van der Waals surface area (Å²) in [5, 5.41) is 9.03. The van der Waals surface area contributed by atoms with E-state index in [2.05, 4.69) is 0 Å². The van der Waals surface area contributed by atoms with Gasteiger partial charge in [0.15, 0.2) is 0 Å². The van der Waals surface area contributed by atoms with E-state index >= 15 is 0 Å². The van der Waals surface area contributed by atoms with Gasteiger partial charge in [-0.25, -0.2) is 0 Å². The molecular weight excluding hydrogens is 280 g/mol. The molecule has 2 aliphatic rings. The van der Waals surface area contributed by atoms with Gasteiger partial charge < -0.3 is 5.11 Å². The number of piperidine rings is 1. The molecule has 1 unspecified atom stereocenters. The molecule has 0 aromatic carbocycles. The van der Waals surface area contributed by atoms with Crippen LogP contribution < -0.4 is 0 Å². The maximum Gasteiger partial charge on any atom is 0.318 e. The molecule has 20 heavy (non-hydrogen) atoms. The summed E-state index contributed by atoms with van der Waals surface area (Å²) in [6.07, 6.45) is 5.39. The lowest BCUT2D eigenvalue weighted by atomic mass is 10.0. The van der Waals surface area contributed by atoms with Gasteiger partial charge in [0.1, 0.15) is 6.54 Å². The zero-order valence-corrected chi connectivity index (χ0v) is 12.8. The minimum atomic E-state index is -3.65. The van der Waals surface area contributed by atoms with Gasteiger partial charge in [-0.05, 0) is 31.6 Å². The Morgan fingerprint density at radius 2 is 1.90 bits per heavy atom. The summed E-state index contributed by atoms with van der Waals surface area (Å²) in [6.45, 7) is 2.64. The third-order valence-electron chi connectivity index (χ3n) is 4.27. The van der Waals surface area contributed by atoms with E-state index in [4.69, 9.17) is 5.11 Å². The van der Waals surface area contributed by atoms with E-state index in [1.54, 1.807) is 0 Å². The number of hydrogen-bond donors (Lipinski definition) is 1. The van der Waals surface area contributed by atoms with Gasteiger partial charge >= 0.3 is 5.97 Å². The first-order valence-corrected chi connectivity index (χ1v) is 8.79. The lowest BCUT2D eigenvalue weighted by molar-refractivity contribution is -0.137. The summed E-state index contributed by atoms with van der Waals surface area (Å²) in [5.41, 5.74) is 0. The van der Waals surface area contributed by atoms with Crippen molar-refractivity contribution in [2.75, 3.05) is 19.6 Å². The predicted molar refractivity (Wildman–Crippen MR) is 75.5 cm³/mol. The maximum atomic E-state index is 12.7. The molecule has 1 aliphatic carbocycles. The standard InChI is InChI=1S/C13H24N2O4S/c1-11-5-4-8-14(9-11)20(18,19)15(10-13(16)17)12-6-2-3-7-12/h11-12H,2-10H2,1H3,(H,16,17). The molecule has 0 aromatic rings. The molecule has 0 spiro atoms. The Kier molecular flexibility index (Phi) is 5.04. The van der Waals surface area contributed by atoms with Crippen molar-refractivity contribution in [3.05, 3.63) is 0 Å². The van der Waals surface area contributed by atoms with Crippen molar-refractivity contribution in [3.8, 4) is 0 Å². The number of rotatable bonds is 5. The first kappa shape index (κ1) is 15.7. The van der Waals surface area contributed by atoms with Crippen LogP contribution in [0.15, 0.2) is 0 Å². The average Bonchev–Trinajstić information content (AvgIpc) is 2.89. The molecule has 1 heterocycles. The summed E-state index contributed by atoms with van der Waals surface area (Å²) in [4.78, 5) is 11.0. The van der Waals surface area contributed by atoms with E-state index in [1.165, 1.54) is 8.61 Å². The monoisotopic (exact) mass is 304 g/mol. The first-order valence-electron chi connectivity index (χ1n) is 7.40. The fourth-order valence-corrected chi connectivity index (χ4v) is 5.19. The van der Waals surface area contributed by atoms with Crippen molar-refractivity contribution in [2.24, 2.45) is 5.92 Å². The molecule has 1 N–H and O–H groups in total. The number of aliphatic carboxylic acids is 1. The molecule has 6 nitrogen and oxygen atoms in total. The minimum absolute atomic E-state index is 0.145. The second-order valence-electron chi connectivity index (χ2n) is 5.99. The number of nitrogens with zero attached hydrogens (tertiary/aromatic N) is 2. The van der Waals surface area contributed by atoms with Crippen molar-refractivity contribution in [3.63, 3.8) is 0 Å².